The van der Waals surface area contributed by atoms with E-state index in [1.54, 1.807) is 12.1 Å². The van der Waals surface area contributed by atoms with Gasteiger partial charge in [0.2, 0.25) is 5.95 Å². The first-order valence-corrected chi connectivity index (χ1v) is 7.67. The van der Waals surface area contributed by atoms with Gasteiger partial charge < -0.3 is 0 Å². The zero-order valence-electron chi connectivity index (χ0n) is 13.7. The van der Waals surface area contributed by atoms with Crippen LogP contribution in [0.3, 0.4) is 0 Å². The van der Waals surface area contributed by atoms with E-state index in [4.69, 9.17) is 0 Å². The van der Waals surface area contributed by atoms with Gasteiger partial charge in [0.15, 0.2) is 0 Å². The van der Waals surface area contributed by atoms with E-state index in [2.05, 4.69) is 30.7 Å². The van der Waals surface area contributed by atoms with Crippen molar-refractivity contribution < 1.29 is 4.79 Å². The van der Waals surface area contributed by atoms with Crippen LogP contribution in [0, 0.1) is 6.92 Å². The van der Waals surface area contributed by atoms with Crippen molar-refractivity contribution in [3.05, 3.63) is 53.5 Å². The smallest absolute Gasteiger partial charge is 0.258 e. The topological polar surface area (TPSA) is 96.5 Å². The van der Waals surface area contributed by atoms with Crippen LogP contribution in [-0.4, -0.2) is 31.3 Å². The number of hydrogen-bond donors (Lipinski definition) is 2. The maximum absolute atomic E-state index is 12.3. The van der Waals surface area contributed by atoms with Gasteiger partial charge in [0, 0.05) is 17.0 Å². The highest BCUT2D eigenvalue weighted by Gasteiger charge is 2.11. The summed E-state index contributed by atoms with van der Waals surface area (Å²) in [5, 5.41) is 17.6. The van der Waals surface area contributed by atoms with Crippen LogP contribution in [0.2, 0.25) is 0 Å². The molecule has 0 atom stereocenters. The van der Waals surface area contributed by atoms with Crippen LogP contribution in [0.1, 0.15) is 41.6 Å². The Morgan fingerprint density at radius 1 is 1.08 bits per heavy atom. The molecule has 0 spiro atoms. The highest BCUT2D eigenvalue weighted by atomic mass is 16.1. The van der Waals surface area contributed by atoms with Gasteiger partial charge in [-0.05, 0) is 31.2 Å². The van der Waals surface area contributed by atoms with Crippen LogP contribution in [0.4, 0.5) is 5.95 Å². The number of aryl methyl sites for hydroxylation is 1. The summed E-state index contributed by atoms with van der Waals surface area (Å²) in [5.41, 5.74) is 3.05. The van der Waals surface area contributed by atoms with Crippen molar-refractivity contribution in [1.29, 1.82) is 0 Å². The standard InChI is InChI=1S/C17H18N6O/c1-10(2)15-18-17(23-22-15)19-16(24)13-7-5-12(6-8-13)14-9-4-11(3)20-21-14/h4-10H,1-3H3,(H2,18,19,22,23,24). The molecule has 0 aliphatic rings. The number of carbonyl (C=O) groups is 1. The molecule has 1 amide bonds. The fourth-order valence-electron chi connectivity index (χ4n) is 2.11. The lowest BCUT2D eigenvalue weighted by Crippen LogP contribution is -2.13. The molecule has 0 unspecified atom stereocenters. The number of nitrogens with zero attached hydrogens (tertiary/aromatic N) is 4. The summed E-state index contributed by atoms with van der Waals surface area (Å²) in [6.45, 7) is 5.88. The van der Waals surface area contributed by atoms with Gasteiger partial charge in [0.1, 0.15) is 5.82 Å². The fraction of sp³-hybridized carbons (Fsp3) is 0.235. The van der Waals surface area contributed by atoms with Crippen molar-refractivity contribution >= 4 is 11.9 Å². The molecule has 0 saturated carbocycles. The number of hydrogen-bond acceptors (Lipinski definition) is 5. The molecule has 0 fully saturated rings. The minimum Gasteiger partial charge on any atom is -0.289 e. The molecule has 122 valence electrons. The Bertz CT molecular complexity index is 836. The summed E-state index contributed by atoms with van der Waals surface area (Å²) < 4.78 is 0. The second-order valence-electron chi connectivity index (χ2n) is 5.79. The Morgan fingerprint density at radius 2 is 1.83 bits per heavy atom. The predicted octanol–water partition coefficient (Wildman–Crippen LogP) is 2.95. The first-order chi connectivity index (χ1) is 11.5. The number of nitrogens with one attached hydrogen (secondary N) is 2. The van der Waals surface area contributed by atoms with Crippen molar-refractivity contribution in [2.75, 3.05) is 5.32 Å². The molecular formula is C17H18N6O. The van der Waals surface area contributed by atoms with Gasteiger partial charge in [0.25, 0.3) is 5.91 Å². The number of aromatic amines is 1. The zero-order chi connectivity index (χ0) is 17.1. The number of benzene rings is 1. The Hall–Kier alpha value is -3.09. The molecule has 3 aromatic rings. The minimum atomic E-state index is -0.258. The summed E-state index contributed by atoms with van der Waals surface area (Å²) >= 11 is 0. The van der Waals surface area contributed by atoms with Crippen molar-refractivity contribution in [2.24, 2.45) is 0 Å². The summed E-state index contributed by atoms with van der Waals surface area (Å²) in [6, 6.07) is 11.0. The SMILES string of the molecule is Cc1ccc(-c2ccc(C(=O)Nc3n[nH]c(C(C)C)n3)cc2)nn1. The molecule has 0 radical (unpaired) electrons. The Balaban J connectivity index is 1.72. The van der Waals surface area contributed by atoms with Crippen LogP contribution in [0.15, 0.2) is 36.4 Å². The number of anilines is 1. The van der Waals surface area contributed by atoms with E-state index < -0.39 is 0 Å². The van der Waals surface area contributed by atoms with Gasteiger partial charge in [0.05, 0.1) is 11.4 Å². The van der Waals surface area contributed by atoms with E-state index in [1.165, 1.54) is 0 Å². The van der Waals surface area contributed by atoms with Crippen molar-refractivity contribution in [1.82, 2.24) is 25.4 Å². The third-order valence-electron chi connectivity index (χ3n) is 3.52. The quantitative estimate of drug-likeness (QED) is 0.770. The number of amides is 1. The van der Waals surface area contributed by atoms with Crippen LogP contribution in [0.5, 0.6) is 0 Å². The van der Waals surface area contributed by atoms with E-state index in [0.717, 1.165) is 22.8 Å². The summed E-state index contributed by atoms with van der Waals surface area (Å²) in [5.74, 6) is 0.972. The van der Waals surface area contributed by atoms with Gasteiger partial charge in [-0.3, -0.25) is 15.2 Å². The molecule has 0 saturated heterocycles. The highest BCUT2D eigenvalue weighted by molar-refractivity contribution is 6.03. The number of aromatic nitrogens is 5. The lowest BCUT2D eigenvalue weighted by Gasteiger charge is -2.04. The van der Waals surface area contributed by atoms with Crippen LogP contribution in [0.25, 0.3) is 11.3 Å². The molecule has 1 aromatic carbocycles. The molecule has 0 bridgehead atoms. The van der Waals surface area contributed by atoms with Crippen molar-refractivity contribution in [3.63, 3.8) is 0 Å². The summed E-state index contributed by atoms with van der Waals surface area (Å²) in [6.07, 6.45) is 0. The van der Waals surface area contributed by atoms with Crippen molar-refractivity contribution in [3.8, 4) is 11.3 Å². The van der Waals surface area contributed by atoms with E-state index in [9.17, 15) is 4.79 Å². The number of rotatable bonds is 4. The van der Waals surface area contributed by atoms with E-state index in [1.807, 2.05) is 45.0 Å². The highest BCUT2D eigenvalue weighted by Crippen LogP contribution is 2.17. The van der Waals surface area contributed by atoms with E-state index >= 15 is 0 Å². The third kappa shape index (κ3) is 3.45. The number of carbonyl (C=O) groups excluding carboxylic acids is 1. The fourth-order valence-corrected chi connectivity index (χ4v) is 2.11. The van der Waals surface area contributed by atoms with Gasteiger partial charge in [-0.1, -0.05) is 26.0 Å². The lowest BCUT2D eigenvalue weighted by molar-refractivity contribution is 0.102. The van der Waals surface area contributed by atoms with E-state index in [-0.39, 0.29) is 17.8 Å². The third-order valence-corrected chi connectivity index (χ3v) is 3.52. The first kappa shape index (κ1) is 15.8. The van der Waals surface area contributed by atoms with Crippen LogP contribution < -0.4 is 5.32 Å². The maximum atomic E-state index is 12.3. The lowest BCUT2D eigenvalue weighted by atomic mass is 10.1. The molecule has 7 nitrogen and oxygen atoms in total. The van der Waals surface area contributed by atoms with E-state index in [0.29, 0.717) is 5.56 Å². The predicted molar refractivity (Wildman–Crippen MR) is 90.6 cm³/mol. The molecule has 2 heterocycles. The molecule has 24 heavy (non-hydrogen) atoms. The van der Waals surface area contributed by atoms with Crippen LogP contribution in [-0.2, 0) is 0 Å². The monoisotopic (exact) mass is 322 g/mol. The second-order valence-corrected chi connectivity index (χ2v) is 5.79. The maximum Gasteiger partial charge on any atom is 0.258 e. The molecule has 3 rings (SSSR count). The molecule has 0 aliphatic heterocycles. The summed E-state index contributed by atoms with van der Waals surface area (Å²) in [7, 11) is 0. The minimum absolute atomic E-state index is 0.220. The van der Waals surface area contributed by atoms with Gasteiger partial charge in [-0.15, -0.1) is 5.10 Å². The second kappa shape index (κ2) is 6.57. The summed E-state index contributed by atoms with van der Waals surface area (Å²) in [4.78, 5) is 16.5. The molecule has 2 aromatic heterocycles. The normalized spacial score (nSPS) is 10.8. The zero-order valence-corrected chi connectivity index (χ0v) is 13.7. The Morgan fingerprint density at radius 3 is 2.42 bits per heavy atom. The van der Waals surface area contributed by atoms with Crippen LogP contribution >= 0.6 is 0 Å². The number of H-pyrrole nitrogens is 1. The van der Waals surface area contributed by atoms with Gasteiger partial charge in [-0.2, -0.15) is 15.2 Å². The van der Waals surface area contributed by atoms with Crippen molar-refractivity contribution in [2.45, 2.75) is 26.7 Å². The Labute approximate surface area is 139 Å². The average Bonchev–Trinajstić information content (AvgIpc) is 3.04. The molecule has 7 heteroatoms. The molecule has 0 aliphatic carbocycles. The molecular weight excluding hydrogens is 304 g/mol. The van der Waals surface area contributed by atoms with Gasteiger partial charge in [-0.25, -0.2) is 0 Å². The first-order valence-electron chi connectivity index (χ1n) is 7.67. The van der Waals surface area contributed by atoms with Gasteiger partial charge >= 0.3 is 0 Å². The largest absolute Gasteiger partial charge is 0.289 e. The molecule has 2 N–H and O–H groups in total. The average molecular weight is 322 g/mol. The Kier molecular flexibility index (Phi) is 4.33.